The van der Waals surface area contributed by atoms with E-state index in [1.807, 2.05) is 60.3 Å². The molecule has 2 aromatic heterocycles. The van der Waals surface area contributed by atoms with Crippen LogP contribution in [0.25, 0.3) is 22.7 Å². The van der Waals surface area contributed by atoms with Gasteiger partial charge in [0.2, 0.25) is 0 Å². The average Bonchev–Trinajstić information content (AvgIpc) is 3.02. The highest BCUT2D eigenvalue weighted by Gasteiger charge is 2.08. The van der Waals surface area contributed by atoms with Crippen molar-refractivity contribution in [1.82, 2.24) is 14.5 Å². The van der Waals surface area contributed by atoms with Crippen LogP contribution in [0.2, 0.25) is 0 Å². The summed E-state index contributed by atoms with van der Waals surface area (Å²) in [5.41, 5.74) is 3.30. The first-order valence-corrected chi connectivity index (χ1v) is 5.96. The molecule has 0 saturated carbocycles. The van der Waals surface area contributed by atoms with Gasteiger partial charge in [0.05, 0.1) is 16.6 Å². The van der Waals surface area contributed by atoms with Crippen LogP contribution in [0.5, 0.6) is 0 Å². The fourth-order valence-corrected chi connectivity index (χ4v) is 2.01. The molecular formula is C15H12N4. The second-order valence-electron chi connectivity index (χ2n) is 4.32. The summed E-state index contributed by atoms with van der Waals surface area (Å²) < 4.78 is 1.96. The lowest BCUT2D eigenvalue weighted by Gasteiger charge is -1.97. The number of allylic oxidation sites excluding steroid dienone is 1. The van der Waals surface area contributed by atoms with Crippen molar-refractivity contribution >= 4 is 22.7 Å². The Morgan fingerprint density at radius 1 is 1.32 bits per heavy atom. The molecule has 1 N–H and O–H groups in total. The van der Waals surface area contributed by atoms with Gasteiger partial charge in [-0.25, -0.2) is 4.98 Å². The Morgan fingerprint density at radius 3 is 2.84 bits per heavy atom. The molecule has 3 aromatic rings. The molecule has 4 heteroatoms. The molecule has 0 aliphatic carbocycles. The lowest BCUT2D eigenvalue weighted by atomic mass is 10.2. The van der Waals surface area contributed by atoms with Gasteiger partial charge in [-0.05, 0) is 30.3 Å². The molecule has 0 amide bonds. The van der Waals surface area contributed by atoms with Crippen LogP contribution in [-0.2, 0) is 7.05 Å². The minimum absolute atomic E-state index is 0.526. The number of rotatable bonds is 2. The minimum Gasteiger partial charge on any atom is -0.351 e. The third-order valence-corrected chi connectivity index (χ3v) is 3.04. The number of H-pyrrole nitrogens is 1. The molecular weight excluding hydrogens is 236 g/mol. The predicted molar refractivity (Wildman–Crippen MR) is 75.0 cm³/mol. The summed E-state index contributed by atoms with van der Waals surface area (Å²) in [5, 5.41) is 9.31. The smallest absolute Gasteiger partial charge is 0.149 e. The Labute approximate surface area is 110 Å². The van der Waals surface area contributed by atoms with Crippen molar-refractivity contribution in [3.05, 3.63) is 54.1 Å². The van der Waals surface area contributed by atoms with Crippen LogP contribution in [0.15, 0.2) is 42.6 Å². The minimum atomic E-state index is 0.526. The van der Waals surface area contributed by atoms with Crippen LogP contribution < -0.4 is 0 Å². The van der Waals surface area contributed by atoms with Gasteiger partial charge < -0.3 is 9.55 Å². The molecule has 3 rings (SSSR count). The lowest BCUT2D eigenvalue weighted by molar-refractivity contribution is 0.915. The molecule has 0 aliphatic rings. The number of fused-ring (bicyclic) bond motifs is 1. The van der Waals surface area contributed by atoms with E-state index in [9.17, 15) is 5.26 Å². The van der Waals surface area contributed by atoms with Crippen molar-refractivity contribution in [3.63, 3.8) is 0 Å². The lowest BCUT2D eigenvalue weighted by Crippen LogP contribution is -1.90. The molecule has 1 aromatic carbocycles. The molecule has 4 nitrogen and oxygen atoms in total. The zero-order valence-electron chi connectivity index (χ0n) is 10.5. The van der Waals surface area contributed by atoms with Gasteiger partial charge in [0.25, 0.3) is 0 Å². The van der Waals surface area contributed by atoms with Crippen molar-refractivity contribution in [3.8, 4) is 6.07 Å². The summed E-state index contributed by atoms with van der Waals surface area (Å²) in [6.07, 6.45) is 3.77. The standard InChI is InChI=1S/C15H12N4/c1-19-8-4-5-12(19)9-11(10-16)15-17-13-6-2-3-7-14(13)18-15/h2-9H,1H3,(H,17,18)/b11-9-. The third kappa shape index (κ3) is 2.02. The summed E-state index contributed by atoms with van der Waals surface area (Å²) in [7, 11) is 1.94. The van der Waals surface area contributed by atoms with E-state index in [2.05, 4.69) is 16.0 Å². The number of nitrogens with one attached hydrogen (secondary N) is 1. The molecule has 19 heavy (non-hydrogen) atoms. The van der Waals surface area contributed by atoms with E-state index in [0.29, 0.717) is 11.4 Å². The zero-order chi connectivity index (χ0) is 13.2. The SMILES string of the molecule is Cn1cccc1/C=C(/C#N)c1nc2ccccc2[nH]1. The Balaban J connectivity index is 2.10. The Hall–Kier alpha value is -2.80. The van der Waals surface area contributed by atoms with Crippen LogP contribution in [-0.4, -0.2) is 14.5 Å². The highest BCUT2D eigenvalue weighted by Crippen LogP contribution is 2.18. The second kappa shape index (κ2) is 4.46. The third-order valence-electron chi connectivity index (χ3n) is 3.04. The topological polar surface area (TPSA) is 57.4 Å². The number of imidazole rings is 1. The van der Waals surface area contributed by atoms with E-state index in [1.54, 1.807) is 0 Å². The maximum Gasteiger partial charge on any atom is 0.149 e. The summed E-state index contributed by atoms with van der Waals surface area (Å²) in [6, 6.07) is 13.8. The Morgan fingerprint density at radius 2 is 2.16 bits per heavy atom. The van der Waals surface area contributed by atoms with Crippen LogP contribution in [0.3, 0.4) is 0 Å². The van der Waals surface area contributed by atoms with Crippen molar-refractivity contribution in [2.45, 2.75) is 0 Å². The molecule has 0 bridgehead atoms. The van der Waals surface area contributed by atoms with Crippen LogP contribution in [0.1, 0.15) is 11.5 Å². The summed E-state index contributed by atoms with van der Waals surface area (Å²) in [5.74, 6) is 0.602. The number of aryl methyl sites for hydroxylation is 1. The molecule has 0 atom stereocenters. The normalized spacial score (nSPS) is 11.7. The highest BCUT2D eigenvalue weighted by atomic mass is 14.9. The molecule has 0 saturated heterocycles. The first-order valence-electron chi connectivity index (χ1n) is 5.96. The van der Waals surface area contributed by atoms with E-state index in [0.717, 1.165) is 16.7 Å². The predicted octanol–water partition coefficient (Wildman–Crippen LogP) is 2.97. The van der Waals surface area contributed by atoms with Crippen LogP contribution in [0, 0.1) is 11.3 Å². The van der Waals surface area contributed by atoms with E-state index in [4.69, 9.17) is 0 Å². The summed E-state index contributed by atoms with van der Waals surface area (Å²) >= 11 is 0. The van der Waals surface area contributed by atoms with E-state index in [-0.39, 0.29) is 0 Å². The first kappa shape index (κ1) is 11.3. The molecule has 2 heterocycles. The van der Waals surface area contributed by atoms with Crippen molar-refractivity contribution < 1.29 is 0 Å². The van der Waals surface area contributed by atoms with Crippen molar-refractivity contribution in [1.29, 1.82) is 5.26 Å². The fraction of sp³-hybridized carbons (Fsp3) is 0.0667. The number of benzene rings is 1. The average molecular weight is 248 g/mol. The van der Waals surface area contributed by atoms with E-state index in [1.165, 1.54) is 0 Å². The van der Waals surface area contributed by atoms with Gasteiger partial charge in [0, 0.05) is 18.9 Å². The molecule has 0 aliphatic heterocycles. The molecule has 0 unspecified atom stereocenters. The van der Waals surface area contributed by atoms with Gasteiger partial charge in [0.15, 0.2) is 0 Å². The maximum absolute atomic E-state index is 9.31. The quantitative estimate of drug-likeness (QED) is 0.709. The number of nitrogens with zero attached hydrogens (tertiary/aromatic N) is 3. The largest absolute Gasteiger partial charge is 0.351 e. The van der Waals surface area contributed by atoms with E-state index < -0.39 is 0 Å². The second-order valence-corrected chi connectivity index (χ2v) is 4.32. The number of hydrogen-bond acceptors (Lipinski definition) is 2. The summed E-state index contributed by atoms with van der Waals surface area (Å²) in [6.45, 7) is 0. The molecule has 92 valence electrons. The van der Waals surface area contributed by atoms with Gasteiger partial charge in [-0.3, -0.25) is 0 Å². The molecule has 0 radical (unpaired) electrons. The van der Waals surface area contributed by atoms with Gasteiger partial charge in [-0.2, -0.15) is 5.26 Å². The maximum atomic E-state index is 9.31. The number of nitriles is 1. The van der Waals surface area contributed by atoms with Gasteiger partial charge in [-0.15, -0.1) is 0 Å². The Bertz CT molecular complexity index is 766. The van der Waals surface area contributed by atoms with Gasteiger partial charge in [-0.1, -0.05) is 12.1 Å². The number of aromatic nitrogens is 3. The number of aromatic amines is 1. The Kier molecular flexibility index (Phi) is 2.66. The molecule has 0 spiro atoms. The van der Waals surface area contributed by atoms with Crippen molar-refractivity contribution in [2.24, 2.45) is 7.05 Å². The van der Waals surface area contributed by atoms with E-state index >= 15 is 0 Å². The first-order chi connectivity index (χ1) is 9.28. The number of hydrogen-bond donors (Lipinski definition) is 1. The summed E-state index contributed by atoms with van der Waals surface area (Å²) in [4.78, 5) is 7.61. The zero-order valence-corrected chi connectivity index (χ0v) is 10.5. The molecule has 0 fully saturated rings. The van der Waals surface area contributed by atoms with Crippen molar-refractivity contribution in [2.75, 3.05) is 0 Å². The van der Waals surface area contributed by atoms with Crippen LogP contribution >= 0.6 is 0 Å². The highest BCUT2D eigenvalue weighted by molar-refractivity contribution is 5.89. The number of para-hydroxylation sites is 2. The monoisotopic (exact) mass is 248 g/mol. The van der Waals surface area contributed by atoms with Crippen LogP contribution in [0.4, 0.5) is 0 Å². The fourth-order valence-electron chi connectivity index (χ4n) is 2.01. The van der Waals surface area contributed by atoms with Gasteiger partial charge in [0.1, 0.15) is 11.9 Å². The van der Waals surface area contributed by atoms with Gasteiger partial charge >= 0.3 is 0 Å².